The van der Waals surface area contributed by atoms with Gasteiger partial charge in [0.2, 0.25) is 11.5 Å². The summed E-state index contributed by atoms with van der Waals surface area (Å²) in [7, 11) is 1.87. The molecule has 7 heteroatoms. The Bertz CT molecular complexity index is 584. The fraction of sp³-hybridized carbons (Fsp3) is 0.222. The Morgan fingerprint density at radius 3 is 3.25 bits per heavy atom. The molecule has 0 radical (unpaired) electrons. The first-order valence-electron chi connectivity index (χ1n) is 4.66. The van der Waals surface area contributed by atoms with Crippen molar-refractivity contribution >= 4 is 11.7 Å². The normalized spacial score (nSPS) is 12.8. The van der Waals surface area contributed by atoms with E-state index < -0.39 is 5.97 Å². The molecule has 0 atom stereocenters. The summed E-state index contributed by atoms with van der Waals surface area (Å²) in [4.78, 5) is 15.0. The number of nitrogens with zero attached hydrogens (tertiary/aromatic N) is 3. The highest BCUT2D eigenvalue weighted by atomic mass is 16.5. The van der Waals surface area contributed by atoms with Crippen molar-refractivity contribution in [1.29, 1.82) is 0 Å². The van der Waals surface area contributed by atoms with Crippen LogP contribution in [-0.4, -0.2) is 25.8 Å². The first-order chi connectivity index (χ1) is 7.68. The Morgan fingerprint density at radius 1 is 1.69 bits per heavy atom. The lowest BCUT2D eigenvalue weighted by atomic mass is 10.1. The molecule has 0 unspecified atom stereocenters. The Morgan fingerprint density at radius 2 is 2.50 bits per heavy atom. The second-order valence-corrected chi connectivity index (χ2v) is 3.54. The molecule has 3 heterocycles. The molecule has 82 valence electrons. The predicted octanol–water partition coefficient (Wildman–Crippen LogP) is 0.699. The molecule has 0 aliphatic carbocycles. The van der Waals surface area contributed by atoms with Crippen LogP contribution in [-0.2, 0) is 13.6 Å². The zero-order valence-electron chi connectivity index (χ0n) is 8.39. The summed E-state index contributed by atoms with van der Waals surface area (Å²) in [6.07, 6.45) is 1.66. The molecule has 2 N–H and O–H groups in total. The van der Waals surface area contributed by atoms with Gasteiger partial charge in [0.1, 0.15) is 11.4 Å². The van der Waals surface area contributed by atoms with Gasteiger partial charge in [-0.2, -0.15) is 0 Å². The number of anilines is 1. The number of carboxylic acids is 1. The molecular weight excluding hydrogens is 212 g/mol. The summed E-state index contributed by atoms with van der Waals surface area (Å²) >= 11 is 0. The van der Waals surface area contributed by atoms with Gasteiger partial charge in [0.05, 0.1) is 18.6 Å². The van der Waals surface area contributed by atoms with Crippen LogP contribution in [0.15, 0.2) is 10.9 Å². The second kappa shape index (κ2) is 2.84. The molecule has 16 heavy (non-hydrogen) atoms. The fourth-order valence-electron chi connectivity index (χ4n) is 1.79. The summed E-state index contributed by atoms with van der Waals surface area (Å²) < 4.78 is 6.87. The highest BCUT2D eigenvalue weighted by Crippen LogP contribution is 2.36. The molecule has 3 rings (SSSR count). The van der Waals surface area contributed by atoms with Gasteiger partial charge in [-0.1, -0.05) is 5.16 Å². The van der Waals surface area contributed by atoms with Gasteiger partial charge in [-0.15, -0.1) is 0 Å². The minimum absolute atomic E-state index is 0.105. The average molecular weight is 220 g/mol. The highest BCUT2D eigenvalue weighted by molar-refractivity contribution is 5.96. The van der Waals surface area contributed by atoms with Crippen LogP contribution in [0.5, 0.6) is 0 Å². The third kappa shape index (κ3) is 0.992. The maximum Gasteiger partial charge on any atom is 0.360 e. The van der Waals surface area contributed by atoms with Crippen LogP contribution in [0.4, 0.5) is 5.69 Å². The van der Waals surface area contributed by atoms with E-state index in [2.05, 4.69) is 15.5 Å². The van der Waals surface area contributed by atoms with Gasteiger partial charge >= 0.3 is 5.97 Å². The predicted molar refractivity (Wildman–Crippen MR) is 53.0 cm³/mol. The quantitative estimate of drug-likeness (QED) is 0.734. The van der Waals surface area contributed by atoms with E-state index in [1.165, 1.54) is 0 Å². The highest BCUT2D eigenvalue weighted by Gasteiger charge is 2.29. The summed E-state index contributed by atoms with van der Waals surface area (Å²) in [5, 5.41) is 15.4. The van der Waals surface area contributed by atoms with Crippen molar-refractivity contribution < 1.29 is 14.4 Å². The van der Waals surface area contributed by atoms with Crippen molar-refractivity contribution in [2.24, 2.45) is 7.05 Å². The fourth-order valence-corrected chi connectivity index (χ4v) is 1.79. The van der Waals surface area contributed by atoms with E-state index >= 15 is 0 Å². The largest absolute Gasteiger partial charge is 0.476 e. The lowest BCUT2D eigenvalue weighted by Crippen LogP contribution is -2.12. The number of aromatic carboxylic acids is 1. The standard InChI is InChI=1S/C9H8N4O3/c1-13-3-11-5-4(13)2-10-6-7(9(14)15)12-16-8(5)6/h3,10H,2H2,1H3,(H,14,15). The molecule has 1 aliphatic heterocycles. The van der Waals surface area contributed by atoms with Gasteiger partial charge < -0.3 is 19.5 Å². The van der Waals surface area contributed by atoms with Gasteiger partial charge in [0.25, 0.3) is 0 Å². The van der Waals surface area contributed by atoms with Crippen LogP contribution in [0, 0.1) is 0 Å². The van der Waals surface area contributed by atoms with Gasteiger partial charge in [-0.05, 0) is 0 Å². The minimum Gasteiger partial charge on any atom is -0.476 e. The number of carboxylic acid groups (broad SMARTS) is 1. The van der Waals surface area contributed by atoms with Crippen LogP contribution in [0.2, 0.25) is 0 Å². The van der Waals surface area contributed by atoms with Gasteiger partial charge in [0, 0.05) is 7.05 Å². The third-order valence-electron chi connectivity index (χ3n) is 2.60. The molecule has 0 saturated carbocycles. The van der Waals surface area contributed by atoms with Crippen molar-refractivity contribution in [1.82, 2.24) is 14.7 Å². The average Bonchev–Trinajstić information content (AvgIpc) is 2.81. The third-order valence-corrected chi connectivity index (χ3v) is 2.60. The number of aryl methyl sites for hydroxylation is 1. The van der Waals surface area contributed by atoms with Crippen molar-refractivity contribution in [2.45, 2.75) is 6.54 Å². The smallest absolute Gasteiger partial charge is 0.360 e. The van der Waals surface area contributed by atoms with Crippen LogP contribution in [0.25, 0.3) is 11.5 Å². The Labute approximate surface area is 89.7 Å². The van der Waals surface area contributed by atoms with E-state index in [1.54, 1.807) is 6.33 Å². The SMILES string of the molecule is Cn1cnc2c1CNc1c(C(=O)O)noc1-2. The number of hydrogen-bond donors (Lipinski definition) is 2. The molecule has 0 aromatic carbocycles. The lowest BCUT2D eigenvalue weighted by molar-refractivity contribution is 0.0686. The zero-order chi connectivity index (χ0) is 11.3. The van der Waals surface area contributed by atoms with Crippen molar-refractivity contribution in [3.05, 3.63) is 17.7 Å². The summed E-state index contributed by atoms with van der Waals surface area (Å²) in [5.41, 5.74) is 1.89. The maximum atomic E-state index is 10.9. The minimum atomic E-state index is -1.11. The topological polar surface area (TPSA) is 93.2 Å². The molecule has 0 spiro atoms. The molecule has 0 bridgehead atoms. The lowest BCUT2D eigenvalue weighted by Gasteiger charge is -2.13. The van der Waals surface area contributed by atoms with Crippen LogP contribution in [0.3, 0.4) is 0 Å². The van der Waals surface area contributed by atoms with Gasteiger partial charge in [-0.25, -0.2) is 9.78 Å². The monoisotopic (exact) mass is 220 g/mol. The molecule has 2 aromatic heterocycles. The number of rotatable bonds is 1. The van der Waals surface area contributed by atoms with Crippen molar-refractivity contribution in [3.8, 4) is 11.5 Å². The summed E-state index contributed by atoms with van der Waals surface area (Å²) in [6.45, 7) is 0.514. The van der Waals surface area contributed by atoms with E-state index in [9.17, 15) is 4.79 Å². The molecule has 0 fully saturated rings. The van der Waals surface area contributed by atoms with Gasteiger partial charge in [-0.3, -0.25) is 0 Å². The Hall–Kier alpha value is -2.31. The first-order valence-corrected chi connectivity index (χ1v) is 4.66. The van der Waals surface area contributed by atoms with E-state index in [1.807, 2.05) is 11.6 Å². The van der Waals surface area contributed by atoms with Crippen molar-refractivity contribution in [2.75, 3.05) is 5.32 Å². The molecule has 2 aromatic rings. The van der Waals surface area contributed by atoms with Crippen LogP contribution in [0.1, 0.15) is 16.2 Å². The Kier molecular flexibility index (Phi) is 1.59. The van der Waals surface area contributed by atoms with Crippen LogP contribution < -0.4 is 5.32 Å². The Balaban J connectivity index is 2.23. The number of carbonyl (C=O) groups is 1. The van der Waals surface area contributed by atoms with E-state index in [4.69, 9.17) is 9.63 Å². The maximum absolute atomic E-state index is 10.9. The molecule has 1 aliphatic rings. The number of imidazole rings is 1. The second-order valence-electron chi connectivity index (χ2n) is 3.54. The first kappa shape index (κ1) is 8.96. The number of nitrogens with one attached hydrogen (secondary N) is 1. The number of fused-ring (bicyclic) bond motifs is 3. The molecule has 0 saturated heterocycles. The zero-order valence-corrected chi connectivity index (χ0v) is 8.39. The number of hydrogen-bond acceptors (Lipinski definition) is 5. The van der Waals surface area contributed by atoms with Crippen LogP contribution >= 0.6 is 0 Å². The van der Waals surface area contributed by atoms with E-state index in [0.29, 0.717) is 23.7 Å². The molecule has 7 nitrogen and oxygen atoms in total. The summed E-state index contributed by atoms with van der Waals surface area (Å²) in [6, 6.07) is 0. The van der Waals surface area contributed by atoms with Gasteiger partial charge in [0.15, 0.2) is 0 Å². The molecule has 0 amide bonds. The van der Waals surface area contributed by atoms with E-state index in [-0.39, 0.29) is 5.69 Å². The van der Waals surface area contributed by atoms with E-state index in [0.717, 1.165) is 5.69 Å². The summed E-state index contributed by atoms with van der Waals surface area (Å²) in [5.74, 6) is -0.726. The van der Waals surface area contributed by atoms with Crippen molar-refractivity contribution in [3.63, 3.8) is 0 Å². The molecular formula is C9H8N4O3. The number of aromatic nitrogens is 3.